The van der Waals surface area contributed by atoms with E-state index >= 15 is 0 Å². The number of rotatable bonds is 6. The van der Waals surface area contributed by atoms with Gasteiger partial charge in [-0.3, -0.25) is 19.5 Å². The van der Waals surface area contributed by atoms with Crippen LogP contribution in [0.5, 0.6) is 5.75 Å². The number of benzene rings is 2. The summed E-state index contributed by atoms with van der Waals surface area (Å²) in [5.41, 5.74) is 0.915. The first kappa shape index (κ1) is 26.0. The van der Waals surface area contributed by atoms with E-state index in [1.807, 2.05) is 47.8 Å². The molecule has 0 fully saturated rings. The van der Waals surface area contributed by atoms with Gasteiger partial charge in [-0.05, 0) is 58.7 Å². The molecule has 1 aliphatic heterocycles. The number of fused-ring (bicyclic) bond motifs is 1. The van der Waals surface area contributed by atoms with Crippen LogP contribution in [0.3, 0.4) is 0 Å². The highest BCUT2D eigenvalue weighted by molar-refractivity contribution is 14.1. The number of hydrogen-bond acceptors (Lipinski definition) is 9. The molecule has 12 heteroatoms. The molecule has 38 heavy (non-hydrogen) atoms. The summed E-state index contributed by atoms with van der Waals surface area (Å²) in [6.07, 6.45) is 1.53. The van der Waals surface area contributed by atoms with Crippen molar-refractivity contribution in [2.75, 3.05) is 6.61 Å². The van der Waals surface area contributed by atoms with Crippen molar-refractivity contribution in [3.05, 3.63) is 115 Å². The maximum atomic E-state index is 13.8. The van der Waals surface area contributed by atoms with Crippen LogP contribution < -0.4 is 14.9 Å². The molecule has 192 valence electrons. The van der Waals surface area contributed by atoms with Crippen LogP contribution in [-0.2, 0) is 9.53 Å². The second kappa shape index (κ2) is 10.6. The lowest BCUT2D eigenvalue weighted by molar-refractivity contribution is -0.386. The number of ether oxygens (including phenoxy) is 1. The largest absolute Gasteiger partial charge is 0.501 e. The standard InChI is InChI=1S/C26H18IN3O6S2/c1-2-36-25(33)20-21(15-7-4-3-5-8-15)28-26-29(22(20)18-9-6-10-37-18)24(32)19(38-26)13-14-11-16(27)23(31)17(12-14)30(34)35/h3-13,22,31H,2H2,1H3/b19-13+. The third-order valence-electron chi connectivity index (χ3n) is 5.75. The number of carbonyl (C=O) groups is 1. The van der Waals surface area contributed by atoms with Gasteiger partial charge in [0.15, 0.2) is 4.80 Å². The Bertz CT molecular complexity index is 1780. The maximum absolute atomic E-state index is 13.8. The topological polar surface area (TPSA) is 124 Å². The number of thiazole rings is 1. The molecule has 1 atom stereocenters. The second-order valence-electron chi connectivity index (χ2n) is 8.07. The molecule has 2 aromatic carbocycles. The number of nitro benzene ring substituents is 1. The predicted octanol–water partition coefficient (Wildman–Crippen LogP) is 4.22. The van der Waals surface area contributed by atoms with Gasteiger partial charge in [-0.25, -0.2) is 9.79 Å². The summed E-state index contributed by atoms with van der Waals surface area (Å²) in [6, 6.07) is 14.9. The van der Waals surface area contributed by atoms with E-state index < -0.39 is 33.9 Å². The van der Waals surface area contributed by atoms with Crippen molar-refractivity contribution in [3.8, 4) is 5.75 Å². The Kier molecular flexibility index (Phi) is 7.27. The van der Waals surface area contributed by atoms with E-state index in [-0.39, 0.29) is 20.3 Å². The molecule has 4 aromatic rings. The van der Waals surface area contributed by atoms with Crippen molar-refractivity contribution in [2.24, 2.45) is 4.99 Å². The molecule has 1 unspecified atom stereocenters. The Balaban J connectivity index is 1.80. The van der Waals surface area contributed by atoms with E-state index in [9.17, 15) is 24.8 Å². The van der Waals surface area contributed by atoms with Gasteiger partial charge in [0, 0.05) is 16.5 Å². The third-order valence-corrected chi connectivity index (χ3v) is 8.48. The monoisotopic (exact) mass is 659 g/mol. The van der Waals surface area contributed by atoms with Crippen LogP contribution in [0, 0.1) is 13.7 Å². The van der Waals surface area contributed by atoms with Crippen LogP contribution in [0.25, 0.3) is 11.8 Å². The zero-order valence-corrected chi connectivity index (χ0v) is 23.5. The van der Waals surface area contributed by atoms with Gasteiger partial charge in [0.2, 0.25) is 5.75 Å². The van der Waals surface area contributed by atoms with Crippen LogP contribution in [0.4, 0.5) is 5.69 Å². The molecular weight excluding hydrogens is 641 g/mol. The lowest BCUT2D eigenvalue weighted by Gasteiger charge is -2.24. The molecule has 0 bridgehead atoms. The fourth-order valence-corrected chi connectivity index (χ4v) is 6.60. The van der Waals surface area contributed by atoms with E-state index in [2.05, 4.69) is 0 Å². The van der Waals surface area contributed by atoms with E-state index in [1.54, 1.807) is 35.6 Å². The summed E-state index contributed by atoms with van der Waals surface area (Å²) in [4.78, 5) is 43.8. The van der Waals surface area contributed by atoms with Gasteiger partial charge in [-0.15, -0.1) is 11.3 Å². The molecule has 0 saturated heterocycles. The van der Waals surface area contributed by atoms with Gasteiger partial charge in [0.05, 0.1) is 30.9 Å². The molecule has 1 aliphatic rings. The van der Waals surface area contributed by atoms with Crippen molar-refractivity contribution >= 4 is 68.7 Å². The van der Waals surface area contributed by atoms with Gasteiger partial charge in [-0.2, -0.15) is 0 Å². The van der Waals surface area contributed by atoms with Gasteiger partial charge < -0.3 is 9.84 Å². The Morgan fingerprint density at radius 3 is 2.68 bits per heavy atom. The number of hydrogen-bond donors (Lipinski definition) is 1. The quantitative estimate of drug-likeness (QED) is 0.143. The first-order valence-corrected chi connectivity index (χ1v) is 14.1. The summed E-state index contributed by atoms with van der Waals surface area (Å²) >= 11 is 4.33. The lowest BCUT2D eigenvalue weighted by Crippen LogP contribution is -2.39. The van der Waals surface area contributed by atoms with Crippen molar-refractivity contribution in [2.45, 2.75) is 13.0 Å². The minimum absolute atomic E-state index is 0.157. The number of nitro groups is 1. The average Bonchev–Trinajstić information content (AvgIpc) is 3.54. The minimum atomic E-state index is -0.767. The number of carbonyl (C=O) groups excluding carboxylic acids is 1. The normalized spacial score (nSPS) is 15.2. The maximum Gasteiger partial charge on any atom is 0.338 e. The molecule has 0 aliphatic carbocycles. The highest BCUT2D eigenvalue weighted by Gasteiger charge is 2.35. The molecule has 2 aromatic heterocycles. The number of phenolic OH excluding ortho intramolecular Hbond substituents is 1. The molecule has 0 saturated carbocycles. The van der Waals surface area contributed by atoms with Crippen LogP contribution in [0.1, 0.15) is 29.0 Å². The number of halogens is 1. The summed E-state index contributed by atoms with van der Waals surface area (Å²) in [6.45, 7) is 1.87. The number of phenols is 1. The van der Waals surface area contributed by atoms with Gasteiger partial charge in [0.25, 0.3) is 5.56 Å². The zero-order valence-electron chi connectivity index (χ0n) is 19.7. The van der Waals surface area contributed by atoms with Crippen LogP contribution in [0.15, 0.2) is 75.3 Å². The number of aromatic nitrogens is 1. The van der Waals surface area contributed by atoms with Crippen LogP contribution >= 0.6 is 45.3 Å². The highest BCUT2D eigenvalue weighted by atomic mass is 127. The second-order valence-corrected chi connectivity index (χ2v) is 11.2. The smallest absolute Gasteiger partial charge is 0.338 e. The van der Waals surface area contributed by atoms with Crippen molar-refractivity contribution < 1.29 is 19.6 Å². The zero-order chi connectivity index (χ0) is 27.0. The van der Waals surface area contributed by atoms with Gasteiger partial charge in [-0.1, -0.05) is 47.7 Å². The van der Waals surface area contributed by atoms with Gasteiger partial charge >= 0.3 is 11.7 Å². The number of nitrogens with zero attached hydrogens (tertiary/aromatic N) is 3. The average molecular weight is 659 g/mol. The fourth-order valence-electron chi connectivity index (χ4n) is 4.14. The van der Waals surface area contributed by atoms with E-state index in [0.717, 1.165) is 16.2 Å². The molecule has 0 spiro atoms. The number of esters is 1. The van der Waals surface area contributed by atoms with Crippen molar-refractivity contribution in [1.29, 1.82) is 0 Å². The Hall–Kier alpha value is -3.62. The Morgan fingerprint density at radius 2 is 2.03 bits per heavy atom. The lowest BCUT2D eigenvalue weighted by atomic mass is 9.97. The Morgan fingerprint density at radius 1 is 1.26 bits per heavy atom. The molecule has 0 amide bonds. The molecule has 5 rings (SSSR count). The van der Waals surface area contributed by atoms with Crippen LogP contribution in [-0.4, -0.2) is 27.2 Å². The van der Waals surface area contributed by atoms with E-state index in [1.165, 1.54) is 28.0 Å². The highest BCUT2D eigenvalue weighted by Crippen LogP contribution is 2.37. The molecule has 9 nitrogen and oxygen atoms in total. The first-order chi connectivity index (χ1) is 18.3. The Labute approximate surface area is 237 Å². The molecular formula is C26H18IN3O6S2. The summed E-state index contributed by atoms with van der Waals surface area (Å²) < 4.78 is 7.45. The van der Waals surface area contributed by atoms with Crippen LogP contribution in [0.2, 0.25) is 0 Å². The summed E-state index contributed by atoms with van der Waals surface area (Å²) in [5, 5.41) is 23.3. The predicted molar refractivity (Wildman–Crippen MR) is 153 cm³/mol. The van der Waals surface area contributed by atoms with Crippen molar-refractivity contribution in [3.63, 3.8) is 0 Å². The fraction of sp³-hybridized carbons (Fsp3) is 0.115. The molecule has 3 heterocycles. The summed E-state index contributed by atoms with van der Waals surface area (Å²) in [7, 11) is 0. The third kappa shape index (κ3) is 4.70. The summed E-state index contributed by atoms with van der Waals surface area (Å²) in [5.74, 6) is -0.995. The first-order valence-electron chi connectivity index (χ1n) is 11.3. The SMILES string of the molecule is CCOC(=O)C1=C(c2ccccc2)N=c2s/c(=C/c3cc(I)c(O)c([N+](=O)[O-])c3)c(=O)n2C1c1cccs1. The number of thiophene rings is 1. The van der Waals surface area contributed by atoms with E-state index in [4.69, 9.17) is 9.73 Å². The molecule has 1 N–H and O–H groups in total. The van der Waals surface area contributed by atoms with E-state index in [0.29, 0.717) is 21.6 Å². The molecule has 0 radical (unpaired) electrons. The number of aromatic hydroxyl groups is 1. The minimum Gasteiger partial charge on any atom is -0.501 e. The van der Waals surface area contributed by atoms with Gasteiger partial charge in [0.1, 0.15) is 6.04 Å². The van der Waals surface area contributed by atoms with Crippen molar-refractivity contribution in [1.82, 2.24) is 4.57 Å².